The molecule has 0 aromatic carbocycles. The number of aliphatic hydroxyl groups is 1. The highest BCUT2D eigenvalue weighted by atomic mass is 16.5. The van der Waals surface area contributed by atoms with E-state index in [-0.39, 0.29) is 6.42 Å². The summed E-state index contributed by atoms with van der Waals surface area (Å²) in [6.45, 7) is 1.94. The van der Waals surface area contributed by atoms with Crippen LogP contribution >= 0.6 is 0 Å². The zero-order valence-electron chi connectivity index (χ0n) is 11.7. The second-order valence-corrected chi connectivity index (χ2v) is 5.37. The van der Waals surface area contributed by atoms with E-state index >= 15 is 0 Å². The number of primary amides is 1. The number of carbonyl (C=O) groups is 1. The zero-order chi connectivity index (χ0) is 14.6. The summed E-state index contributed by atoms with van der Waals surface area (Å²) in [7, 11) is 1.62. The zero-order valence-corrected chi connectivity index (χ0v) is 11.7. The van der Waals surface area contributed by atoms with Gasteiger partial charge in [0.2, 0.25) is 5.91 Å². The van der Waals surface area contributed by atoms with Crippen molar-refractivity contribution in [3.63, 3.8) is 0 Å². The second-order valence-electron chi connectivity index (χ2n) is 5.37. The van der Waals surface area contributed by atoms with Gasteiger partial charge in [-0.2, -0.15) is 0 Å². The van der Waals surface area contributed by atoms with Gasteiger partial charge in [0.15, 0.2) is 0 Å². The third kappa shape index (κ3) is 3.91. The van der Waals surface area contributed by atoms with Crippen LogP contribution in [0.5, 0.6) is 5.75 Å². The Morgan fingerprint density at radius 2 is 2.45 bits per heavy atom. The van der Waals surface area contributed by atoms with Crippen LogP contribution in [0.15, 0.2) is 18.3 Å². The Balaban J connectivity index is 2.00. The van der Waals surface area contributed by atoms with E-state index in [1.54, 1.807) is 19.4 Å². The lowest BCUT2D eigenvalue weighted by molar-refractivity contribution is -0.125. The van der Waals surface area contributed by atoms with Gasteiger partial charge in [0.25, 0.3) is 0 Å². The number of hydrogen-bond acceptors (Lipinski definition) is 5. The van der Waals surface area contributed by atoms with Crippen molar-refractivity contribution in [3.8, 4) is 5.75 Å². The van der Waals surface area contributed by atoms with Gasteiger partial charge in [-0.1, -0.05) is 0 Å². The first-order chi connectivity index (χ1) is 9.50. The molecule has 1 unspecified atom stereocenters. The lowest BCUT2D eigenvalue weighted by Crippen LogP contribution is -2.49. The Labute approximate surface area is 118 Å². The lowest BCUT2D eigenvalue weighted by atomic mass is 9.89. The number of nitrogens with zero attached hydrogens (tertiary/aromatic N) is 2. The molecule has 1 aliphatic heterocycles. The summed E-state index contributed by atoms with van der Waals surface area (Å²) in [4.78, 5) is 17.4. The van der Waals surface area contributed by atoms with Crippen molar-refractivity contribution in [2.45, 2.75) is 31.4 Å². The molecule has 1 saturated heterocycles. The van der Waals surface area contributed by atoms with Crippen molar-refractivity contribution in [2.75, 3.05) is 20.2 Å². The fraction of sp³-hybridized carbons (Fsp3) is 0.571. The van der Waals surface area contributed by atoms with Crippen molar-refractivity contribution in [1.29, 1.82) is 0 Å². The highest BCUT2D eigenvalue weighted by Crippen LogP contribution is 2.25. The molecular weight excluding hydrogens is 258 g/mol. The molecule has 6 heteroatoms. The Morgan fingerprint density at radius 1 is 1.65 bits per heavy atom. The number of methoxy groups -OCH3 is 1. The number of piperidine rings is 1. The molecule has 2 heterocycles. The average molecular weight is 279 g/mol. The van der Waals surface area contributed by atoms with Gasteiger partial charge in [-0.05, 0) is 25.5 Å². The SMILES string of the molecule is COc1ccnc(CN2CCCC(O)(CC(N)=O)C2)c1. The highest BCUT2D eigenvalue weighted by molar-refractivity contribution is 5.75. The van der Waals surface area contributed by atoms with Gasteiger partial charge < -0.3 is 15.6 Å². The molecule has 110 valence electrons. The predicted molar refractivity (Wildman–Crippen MR) is 74.1 cm³/mol. The summed E-state index contributed by atoms with van der Waals surface area (Å²) in [5, 5.41) is 10.4. The molecule has 1 aromatic heterocycles. The molecule has 0 aliphatic carbocycles. The number of pyridine rings is 1. The van der Waals surface area contributed by atoms with Gasteiger partial charge in [-0.25, -0.2) is 0 Å². The van der Waals surface area contributed by atoms with Crippen molar-refractivity contribution in [1.82, 2.24) is 9.88 Å². The maximum absolute atomic E-state index is 11.0. The molecule has 0 saturated carbocycles. The number of amides is 1. The largest absolute Gasteiger partial charge is 0.497 e. The summed E-state index contributed by atoms with van der Waals surface area (Å²) >= 11 is 0. The summed E-state index contributed by atoms with van der Waals surface area (Å²) in [5.74, 6) is 0.299. The van der Waals surface area contributed by atoms with Crippen molar-refractivity contribution in [2.24, 2.45) is 5.73 Å². The molecule has 3 N–H and O–H groups in total. The predicted octanol–water partition coefficient (Wildman–Crippen LogP) is 0.293. The number of β-amino-alcohol motifs (C(OH)–C–C–N with tert-alkyl or cyclic N) is 1. The minimum Gasteiger partial charge on any atom is -0.497 e. The third-order valence-electron chi connectivity index (χ3n) is 3.55. The molecule has 2 rings (SSSR count). The molecule has 1 aromatic rings. The fourth-order valence-electron chi connectivity index (χ4n) is 2.71. The van der Waals surface area contributed by atoms with Gasteiger partial charge in [0, 0.05) is 25.4 Å². The van der Waals surface area contributed by atoms with Crippen LogP contribution < -0.4 is 10.5 Å². The quantitative estimate of drug-likeness (QED) is 0.809. The highest BCUT2D eigenvalue weighted by Gasteiger charge is 2.34. The van der Waals surface area contributed by atoms with E-state index in [0.29, 0.717) is 19.5 Å². The molecule has 1 fully saturated rings. The Morgan fingerprint density at radius 3 is 3.15 bits per heavy atom. The van der Waals surface area contributed by atoms with Crippen LogP contribution in [0.3, 0.4) is 0 Å². The molecule has 1 atom stereocenters. The van der Waals surface area contributed by atoms with Crippen molar-refractivity contribution in [3.05, 3.63) is 24.0 Å². The van der Waals surface area contributed by atoms with Crippen LogP contribution in [-0.2, 0) is 11.3 Å². The second kappa shape index (κ2) is 6.19. The summed E-state index contributed by atoms with van der Waals surface area (Å²) in [6, 6.07) is 3.67. The summed E-state index contributed by atoms with van der Waals surface area (Å²) in [6.07, 6.45) is 3.16. The maximum Gasteiger partial charge on any atom is 0.220 e. The van der Waals surface area contributed by atoms with Gasteiger partial charge in [-0.3, -0.25) is 14.7 Å². The fourth-order valence-corrected chi connectivity index (χ4v) is 2.71. The van der Waals surface area contributed by atoms with E-state index in [9.17, 15) is 9.90 Å². The monoisotopic (exact) mass is 279 g/mol. The molecule has 1 aliphatic rings. The van der Waals surface area contributed by atoms with E-state index in [0.717, 1.165) is 24.4 Å². The molecule has 0 bridgehead atoms. The number of ether oxygens (including phenoxy) is 1. The maximum atomic E-state index is 11.0. The molecule has 0 spiro atoms. The topological polar surface area (TPSA) is 88.7 Å². The smallest absolute Gasteiger partial charge is 0.220 e. The van der Waals surface area contributed by atoms with Crippen molar-refractivity contribution >= 4 is 5.91 Å². The first-order valence-corrected chi connectivity index (χ1v) is 6.73. The van der Waals surface area contributed by atoms with Gasteiger partial charge >= 0.3 is 0 Å². The number of carbonyl (C=O) groups excluding carboxylic acids is 1. The van der Waals surface area contributed by atoms with E-state index in [4.69, 9.17) is 10.5 Å². The number of aromatic nitrogens is 1. The molecule has 0 radical (unpaired) electrons. The molecule has 1 amide bonds. The summed E-state index contributed by atoms with van der Waals surface area (Å²) in [5.41, 5.74) is 5.07. The number of rotatable bonds is 5. The summed E-state index contributed by atoms with van der Waals surface area (Å²) < 4.78 is 5.17. The Kier molecular flexibility index (Phi) is 4.57. The van der Waals surface area contributed by atoms with Crippen LogP contribution in [0.4, 0.5) is 0 Å². The van der Waals surface area contributed by atoms with Gasteiger partial charge in [0.1, 0.15) is 5.75 Å². The van der Waals surface area contributed by atoms with E-state index in [1.165, 1.54) is 0 Å². The van der Waals surface area contributed by atoms with Gasteiger partial charge in [-0.15, -0.1) is 0 Å². The first-order valence-electron chi connectivity index (χ1n) is 6.73. The third-order valence-corrected chi connectivity index (χ3v) is 3.55. The minimum absolute atomic E-state index is 0.00897. The minimum atomic E-state index is -1.01. The van der Waals surface area contributed by atoms with E-state index in [2.05, 4.69) is 9.88 Å². The van der Waals surface area contributed by atoms with Crippen LogP contribution in [0.2, 0.25) is 0 Å². The average Bonchev–Trinajstić information content (AvgIpc) is 2.37. The normalized spacial score (nSPS) is 23.5. The molecule has 6 nitrogen and oxygen atoms in total. The number of nitrogens with two attached hydrogens (primary N) is 1. The number of likely N-dealkylation sites (tertiary alicyclic amines) is 1. The number of hydrogen-bond donors (Lipinski definition) is 2. The lowest BCUT2D eigenvalue weighted by Gasteiger charge is -2.38. The standard InChI is InChI=1S/C14H21N3O3/c1-20-12-3-5-16-11(7-12)9-17-6-2-4-14(19,10-17)8-13(15)18/h3,5,7,19H,2,4,6,8-10H2,1H3,(H2,15,18). The van der Waals surface area contributed by atoms with Crippen LogP contribution in [0.1, 0.15) is 25.0 Å². The van der Waals surface area contributed by atoms with Crippen LogP contribution in [0, 0.1) is 0 Å². The van der Waals surface area contributed by atoms with Crippen LogP contribution in [0.25, 0.3) is 0 Å². The Hall–Kier alpha value is -1.66. The van der Waals surface area contributed by atoms with E-state index < -0.39 is 11.5 Å². The van der Waals surface area contributed by atoms with E-state index in [1.807, 2.05) is 6.07 Å². The van der Waals surface area contributed by atoms with Gasteiger partial charge in [0.05, 0.1) is 24.8 Å². The van der Waals surface area contributed by atoms with Crippen LogP contribution in [-0.4, -0.2) is 46.7 Å². The van der Waals surface area contributed by atoms with Crippen molar-refractivity contribution < 1.29 is 14.6 Å². The molecule has 20 heavy (non-hydrogen) atoms. The molecular formula is C14H21N3O3. The Bertz CT molecular complexity index is 480. The first kappa shape index (κ1) is 14.7.